The standard InChI is InChI=1S/C15H22O3/c1-6-7-13-9(2)11(4)15(12(5)10(13)3)18-8-14(16)17/h6-8H2,1-5H3,(H,16,17). The summed E-state index contributed by atoms with van der Waals surface area (Å²) in [5, 5.41) is 8.71. The van der Waals surface area contributed by atoms with E-state index in [0.29, 0.717) is 0 Å². The first kappa shape index (κ1) is 14.6. The Labute approximate surface area is 109 Å². The van der Waals surface area contributed by atoms with E-state index in [9.17, 15) is 4.79 Å². The number of rotatable bonds is 5. The van der Waals surface area contributed by atoms with Crippen molar-refractivity contribution in [2.24, 2.45) is 0 Å². The second kappa shape index (κ2) is 5.89. The molecule has 1 rings (SSSR count). The van der Waals surface area contributed by atoms with Gasteiger partial charge in [-0.05, 0) is 61.9 Å². The second-order valence-corrected chi connectivity index (χ2v) is 4.74. The van der Waals surface area contributed by atoms with Crippen LogP contribution in [-0.2, 0) is 11.2 Å². The highest BCUT2D eigenvalue weighted by atomic mass is 16.5. The lowest BCUT2D eigenvalue weighted by atomic mass is 9.90. The molecule has 0 heterocycles. The number of aliphatic carboxylic acids is 1. The third-order valence-corrected chi connectivity index (χ3v) is 3.55. The Balaban J connectivity index is 3.25. The van der Waals surface area contributed by atoms with Crippen molar-refractivity contribution >= 4 is 5.97 Å². The van der Waals surface area contributed by atoms with Gasteiger partial charge in [0.25, 0.3) is 0 Å². The van der Waals surface area contributed by atoms with Gasteiger partial charge < -0.3 is 9.84 Å². The SMILES string of the molecule is CCCc1c(C)c(C)c(OCC(=O)O)c(C)c1C. The molecule has 0 unspecified atom stereocenters. The van der Waals surface area contributed by atoms with Crippen LogP contribution in [0, 0.1) is 27.7 Å². The largest absolute Gasteiger partial charge is 0.481 e. The zero-order chi connectivity index (χ0) is 13.9. The Morgan fingerprint density at radius 2 is 1.56 bits per heavy atom. The molecule has 0 bridgehead atoms. The van der Waals surface area contributed by atoms with Gasteiger partial charge in [-0.15, -0.1) is 0 Å². The molecule has 3 heteroatoms. The van der Waals surface area contributed by atoms with E-state index in [4.69, 9.17) is 9.84 Å². The average Bonchev–Trinajstić information content (AvgIpc) is 2.32. The fourth-order valence-electron chi connectivity index (χ4n) is 2.33. The van der Waals surface area contributed by atoms with Crippen LogP contribution in [0.3, 0.4) is 0 Å². The van der Waals surface area contributed by atoms with Crippen LogP contribution in [0.4, 0.5) is 0 Å². The summed E-state index contributed by atoms with van der Waals surface area (Å²) in [6, 6.07) is 0. The molecule has 0 radical (unpaired) electrons. The Hall–Kier alpha value is -1.51. The van der Waals surface area contributed by atoms with Gasteiger partial charge in [-0.2, -0.15) is 0 Å². The van der Waals surface area contributed by atoms with Gasteiger partial charge in [0, 0.05) is 0 Å². The number of ether oxygens (including phenoxy) is 1. The molecule has 0 fully saturated rings. The number of carbonyl (C=O) groups is 1. The van der Waals surface area contributed by atoms with Gasteiger partial charge >= 0.3 is 5.97 Å². The maximum absolute atomic E-state index is 10.6. The zero-order valence-corrected chi connectivity index (χ0v) is 11.9. The molecule has 18 heavy (non-hydrogen) atoms. The number of benzene rings is 1. The van der Waals surface area contributed by atoms with E-state index >= 15 is 0 Å². The lowest BCUT2D eigenvalue weighted by molar-refractivity contribution is -0.139. The van der Waals surface area contributed by atoms with Crippen LogP contribution in [0.2, 0.25) is 0 Å². The first-order valence-electron chi connectivity index (χ1n) is 6.33. The molecule has 0 saturated carbocycles. The summed E-state index contributed by atoms with van der Waals surface area (Å²) in [6.07, 6.45) is 2.16. The van der Waals surface area contributed by atoms with E-state index in [2.05, 4.69) is 20.8 Å². The summed E-state index contributed by atoms with van der Waals surface area (Å²) in [6.45, 7) is 10.0. The Morgan fingerprint density at radius 1 is 1.06 bits per heavy atom. The summed E-state index contributed by atoms with van der Waals surface area (Å²) < 4.78 is 5.42. The highest BCUT2D eigenvalue weighted by Gasteiger charge is 2.15. The van der Waals surface area contributed by atoms with Crippen LogP contribution in [0.15, 0.2) is 0 Å². The maximum Gasteiger partial charge on any atom is 0.341 e. The predicted molar refractivity (Wildman–Crippen MR) is 72.5 cm³/mol. The van der Waals surface area contributed by atoms with Crippen molar-refractivity contribution in [3.8, 4) is 5.75 Å². The number of hydrogen-bond acceptors (Lipinski definition) is 2. The minimum absolute atomic E-state index is 0.284. The first-order valence-corrected chi connectivity index (χ1v) is 6.33. The maximum atomic E-state index is 10.6. The lowest BCUT2D eigenvalue weighted by Gasteiger charge is -2.20. The summed E-state index contributed by atoms with van der Waals surface area (Å²) in [5.41, 5.74) is 5.93. The Morgan fingerprint density at radius 3 is 1.94 bits per heavy atom. The van der Waals surface area contributed by atoms with Gasteiger partial charge in [-0.25, -0.2) is 4.79 Å². The molecule has 0 saturated heterocycles. The number of carboxylic acids is 1. The van der Waals surface area contributed by atoms with E-state index < -0.39 is 5.97 Å². The number of hydrogen-bond donors (Lipinski definition) is 1. The number of carboxylic acid groups (broad SMARTS) is 1. The van der Waals surface area contributed by atoms with Crippen LogP contribution in [0.25, 0.3) is 0 Å². The molecular weight excluding hydrogens is 228 g/mol. The highest BCUT2D eigenvalue weighted by molar-refractivity contribution is 5.69. The van der Waals surface area contributed by atoms with Crippen LogP contribution in [0.1, 0.15) is 41.2 Å². The van der Waals surface area contributed by atoms with Gasteiger partial charge in [0.1, 0.15) is 5.75 Å². The molecule has 1 aromatic rings. The second-order valence-electron chi connectivity index (χ2n) is 4.74. The van der Waals surface area contributed by atoms with Crippen LogP contribution < -0.4 is 4.74 Å². The molecule has 1 N–H and O–H groups in total. The third kappa shape index (κ3) is 2.84. The molecule has 0 spiro atoms. The van der Waals surface area contributed by atoms with Crippen LogP contribution in [0.5, 0.6) is 5.75 Å². The fraction of sp³-hybridized carbons (Fsp3) is 0.533. The molecule has 0 aliphatic heterocycles. The minimum atomic E-state index is -0.943. The van der Waals surface area contributed by atoms with Crippen LogP contribution in [-0.4, -0.2) is 17.7 Å². The van der Waals surface area contributed by atoms with E-state index in [0.717, 1.165) is 29.7 Å². The molecular formula is C15H22O3. The molecule has 0 aliphatic rings. The lowest BCUT2D eigenvalue weighted by Crippen LogP contribution is -2.12. The van der Waals surface area contributed by atoms with Gasteiger partial charge in [0.15, 0.2) is 6.61 Å². The van der Waals surface area contributed by atoms with Crippen molar-refractivity contribution in [2.75, 3.05) is 6.61 Å². The van der Waals surface area contributed by atoms with Gasteiger partial charge in [-0.3, -0.25) is 0 Å². The van der Waals surface area contributed by atoms with Crippen molar-refractivity contribution in [3.05, 3.63) is 27.8 Å². The van der Waals surface area contributed by atoms with Gasteiger partial charge in [0.2, 0.25) is 0 Å². The topological polar surface area (TPSA) is 46.5 Å². The Kier molecular flexibility index (Phi) is 4.76. The minimum Gasteiger partial charge on any atom is -0.481 e. The molecule has 1 aromatic carbocycles. The van der Waals surface area contributed by atoms with Crippen molar-refractivity contribution in [2.45, 2.75) is 47.5 Å². The quantitative estimate of drug-likeness (QED) is 0.871. The van der Waals surface area contributed by atoms with Crippen molar-refractivity contribution in [1.29, 1.82) is 0 Å². The van der Waals surface area contributed by atoms with E-state index in [1.165, 1.54) is 16.7 Å². The third-order valence-electron chi connectivity index (χ3n) is 3.55. The first-order chi connectivity index (χ1) is 8.40. The van der Waals surface area contributed by atoms with E-state index in [1.807, 2.05) is 13.8 Å². The molecule has 0 atom stereocenters. The Bertz CT molecular complexity index is 432. The van der Waals surface area contributed by atoms with E-state index in [-0.39, 0.29) is 6.61 Å². The highest BCUT2D eigenvalue weighted by Crippen LogP contribution is 2.33. The monoisotopic (exact) mass is 250 g/mol. The predicted octanol–water partition coefficient (Wildman–Crippen LogP) is 3.34. The molecule has 0 aromatic heterocycles. The summed E-state index contributed by atoms with van der Waals surface area (Å²) in [4.78, 5) is 10.6. The normalized spacial score (nSPS) is 10.5. The van der Waals surface area contributed by atoms with E-state index in [1.54, 1.807) is 0 Å². The fourth-order valence-corrected chi connectivity index (χ4v) is 2.33. The molecule has 3 nitrogen and oxygen atoms in total. The van der Waals surface area contributed by atoms with Crippen molar-refractivity contribution in [3.63, 3.8) is 0 Å². The summed E-state index contributed by atoms with van der Waals surface area (Å²) in [7, 11) is 0. The van der Waals surface area contributed by atoms with Gasteiger partial charge in [-0.1, -0.05) is 13.3 Å². The average molecular weight is 250 g/mol. The molecule has 0 amide bonds. The molecule has 100 valence electrons. The van der Waals surface area contributed by atoms with Crippen LogP contribution >= 0.6 is 0 Å². The van der Waals surface area contributed by atoms with Crippen molar-refractivity contribution < 1.29 is 14.6 Å². The molecule has 0 aliphatic carbocycles. The van der Waals surface area contributed by atoms with Crippen molar-refractivity contribution in [1.82, 2.24) is 0 Å². The summed E-state index contributed by atoms with van der Waals surface area (Å²) >= 11 is 0. The van der Waals surface area contributed by atoms with Gasteiger partial charge in [0.05, 0.1) is 0 Å². The summed E-state index contributed by atoms with van der Waals surface area (Å²) in [5.74, 6) is -0.214. The smallest absolute Gasteiger partial charge is 0.341 e. The zero-order valence-electron chi connectivity index (χ0n) is 11.9.